The van der Waals surface area contributed by atoms with Crippen LogP contribution in [0.2, 0.25) is 0 Å². The summed E-state index contributed by atoms with van der Waals surface area (Å²) in [5.41, 5.74) is 6.31. The molecule has 0 aliphatic heterocycles. The molecule has 29 heavy (non-hydrogen) atoms. The SMILES string of the molecule is c1ccc(CCc2ccc3ccc(CCc4nc5ccccc5[nH]4)cc3c2)cc1. The van der Waals surface area contributed by atoms with Gasteiger partial charge in [0.1, 0.15) is 5.82 Å². The number of hydrogen-bond acceptors (Lipinski definition) is 1. The molecule has 0 atom stereocenters. The molecular weight excluding hydrogens is 352 g/mol. The van der Waals surface area contributed by atoms with Crippen LogP contribution in [0.25, 0.3) is 21.8 Å². The summed E-state index contributed by atoms with van der Waals surface area (Å²) in [6, 6.07) is 32.6. The standard InChI is InChI=1S/C27H24N2/c1-2-6-20(7-3-1)10-11-21-12-15-23-16-13-22(19-24(23)18-21)14-17-27-28-25-8-4-5-9-26(25)29-27/h1-9,12-13,15-16,18-19H,10-11,14,17H2,(H,28,29). The lowest BCUT2D eigenvalue weighted by atomic mass is 9.99. The van der Waals surface area contributed by atoms with Crippen molar-refractivity contribution in [1.82, 2.24) is 9.97 Å². The van der Waals surface area contributed by atoms with Crippen LogP contribution < -0.4 is 0 Å². The number of imidazole rings is 1. The predicted octanol–water partition coefficient (Wildman–Crippen LogP) is 6.29. The van der Waals surface area contributed by atoms with Gasteiger partial charge in [-0.2, -0.15) is 0 Å². The van der Waals surface area contributed by atoms with E-state index in [-0.39, 0.29) is 0 Å². The summed E-state index contributed by atoms with van der Waals surface area (Å²) < 4.78 is 0. The van der Waals surface area contributed by atoms with Crippen LogP contribution in [0.4, 0.5) is 0 Å². The molecule has 5 aromatic rings. The lowest BCUT2D eigenvalue weighted by molar-refractivity contribution is 0.891. The van der Waals surface area contributed by atoms with E-state index in [4.69, 9.17) is 4.98 Å². The van der Waals surface area contributed by atoms with Crippen LogP contribution in [0.3, 0.4) is 0 Å². The first kappa shape index (κ1) is 17.7. The zero-order valence-electron chi connectivity index (χ0n) is 16.4. The number of aromatic nitrogens is 2. The van der Waals surface area contributed by atoms with E-state index < -0.39 is 0 Å². The number of benzene rings is 4. The molecule has 4 aromatic carbocycles. The molecule has 0 aliphatic rings. The Kier molecular flexibility index (Phi) is 4.83. The van der Waals surface area contributed by atoms with Crippen molar-refractivity contribution in [3.05, 3.63) is 114 Å². The van der Waals surface area contributed by atoms with E-state index in [1.54, 1.807) is 0 Å². The van der Waals surface area contributed by atoms with Gasteiger partial charge in [-0.15, -0.1) is 0 Å². The van der Waals surface area contributed by atoms with Crippen molar-refractivity contribution >= 4 is 21.8 Å². The normalized spacial score (nSPS) is 11.3. The van der Waals surface area contributed by atoms with Gasteiger partial charge in [0.2, 0.25) is 0 Å². The fraction of sp³-hybridized carbons (Fsp3) is 0.148. The summed E-state index contributed by atoms with van der Waals surface area (Å²) in [6.45, 7) is 0. The number of aryl methyl sites for hydroxylation is 4. The van der Waals surface area contributed by atoms with E-state index in [2.05, 4.69) is 83.8 Å². The van der Waals surface area contributed by atoms with Crippen LogP contribution in [-0.4, -0.2) is 9.97 Å². The van der Waals surface area contributed by atoms with Gasteiger partial charge in [0.05, 0.1) is 11.0 Å². The Morgan fingerprint density at radius 2 is 1.21 bits per heavy atom. The van der Waals surface area contributed by atoms with E-state index in [0.717, 1.165) is 42.5 Å². The molecular formula is C27H24N2. The summed E-state index contributed by atoms with van der Waals surface area (Å²) in [4.78, 5) is 8.14. The van der Waals surface area contributed by atoms with Gasteiger partial charge in [0.25, 0.3) is 0 Å². The number of rotatable bonds is 6. The summed E-state index contributed by atoms with van der Waals surface area (Å²) in [5.74, 6) is 1.06. The highest BCUT2D eigenvalue weighted by Crippen LogP contribution is 2.20. The van der Waals surface area contributed by atoms with Crippen molar-refractivity contribution in [3.8, 4) is 0 Å². The Balaban J connectivity index is 1.30. The number of hydrogen-bond donors (Lipinski definition) is 1. The fourth-order valence-electron chi connectivity index (χ4n) is 3.98. The first-order chi connectivity index (χ1) is 14.3. The Hall–Kier alpha value is -3.39. The molecule has 0 fully saturated rings. The third-order valence-corrected chi connectivity index (χ3v) is 5.60. The molecule has 5 rings (SSSR count). The highest BCUT2D eigenvalue weighted by Gasteiger charge is 2.04. The Labute approximate surface area is 171 Å². The summed E-state index contributed by atoms with van der Waals surface area (Å²) in [5, 5.41) is 2.64. The first-order valence-corrected chi connectivity index (χ1v) is 10.3. The number of fused-ring (bicyclic) bond motifs is 2. The van der Waals surface area contributed by atoms with Gasteiger partial charge in [-0.1, -0.05) is 78.9 Å². The van der Waals surface area contributed by atoms with E-state index >= 15 is 0 Å². The lowest BCUT2D eigenvalue weighted by Gasteiger charge is -2.07. The van der Waals surface area contributed by atoms with Crippen LogP contribution in [0, 0.1) is 0 Å². The van der Waals surface area contributed by atoms with Crippen molar-refractivity contribution in [1.29, 1.82) is 0 Å². The quantitative estimate of drug-likeness (QED) is 0.371. The molecule has 0 amide bonds. The third kappa shape index (κ3) is 4.07. The molecule has 0 saturated heterocycles. The van der Waals surface area contributed by atoms with Crippen molar-refractivity contribution in [2.24, 2.45) is 0 Å². The Morgan fingerprint density at radius 1 is 0.552 bits per heavy atom. The highest BCUT2D eigenvalue weighted by atomic mass is 14.9. The summed E-state index contributed by atoms with van der Waals surface area (Å²) in [6.07, 6.45) is 4.07. The van der Waals surface area contributed by atoms with Crippen molar-refractivity contribution in [2.75, 3.05) is 0 Å². The van der Waals surface area contributed by atoms with Gasteiger partial charge in [-0.05, 0) is 58.9 Å². The van der Waals surface area contributed by atoms with Gasteiger partial charge < -0.3 is 4.98 Å². The van der Waals surface area contributed by atoms with Gasteiger partial charge in [-0.25, -0.2) is 4.98 Å². The topological polar surface area (TPSA) is 28.7 Å². The third-order valence-electron chi connectivity index (χ3n) is 5.60. The van der Waals surface area contributed by atoms with Crippen LogP contribution in [-0.2, 0) is 25.7 Å². The number of aromatic amines is 1. The zero-order valence-corrected chi connectivity index (χ0v) is 16.4. The summed E-state index contributed by atoms with van der Waals surface area (Å²) >= 11 is 0. The molecule has 2 nitrogen and oxygen atoms in total. The average molecular weight is 377 g/mol. The lowest BCUT2D eigenvalue weighted by Crippen LogP contribution is -1.94. The van der Waals surface area contributed by atoms with E-state index in [1.165, 1.54) is 27.5 Å². The maximum absolute atomic E-state index is 4.70. The van der Waals surface area contributed by atoms with Gasteiger partial charge in [-0.3, -0.25) is 0 Å². The average Bonchev–Trinajstić information content (AvgIpc) is 3.20. The second kappa shape index (κ2) is 7.92. The van der Waals surface area contributed by atoms with Crippen LogP contribution in [0.15, 0.2) is 91.0 Å². The summed E-state index contributed by atoms with van der Waals surface area (Å²) in [7, 11) is 0. The minimum Gasteiger partial charge on any atom is -0.342 e. The number of para-hydroxylation sites is 2. The van der Waals surface area contributed by atoms with Gasteiger partial charge in [0, 0.05) is 6.42 Å². The second-order valence-electron chi connectivity index (χ2n) is 7.70. The number of H-pyrrole nitrogens is 1. The first-order valence-electron chi connectivity index (χ1n) is 10.3. The maximum Gasteiger partial charge on any atom is 0.107 e. The minimum atomic E-state index is 0.924. The van der Waals surface area contributed by atoms with Crippen LogP contribution in [0.5, 0.6) is 0 Å². The number of nitrogens with zero attached hydrogens (tertiary/aromatic N) is 1. The van der Waals surface area contributed by atoms with Crippen LogP contribution in [0.1, 0.15) is 22.5 Å². The van der Waals surface area contributed by atoms with Crippen molar-refractivity contribution in [2.45, 2.75) is 25.7 Å². The van der Waals surface area contributed by atoms with Gasteiger partial charge in [0.15, 0.2) is 0 Å². The molecule has 1 aromatic heterocycles. The fourth-order valence-corrected chi connectivity index (χ4v) is 3.98. The van der Waals surface area contributed by atoms with Crippen LogP contribution >= 0.6 is 0 Å². The molecule has 0 aliphatic carbocycles. The second-order valence-corrected chi connectivity index (χ2v) is 7.70. The molecule has 0 spiro atoms. The molecule has 2 heteroatoms. The minimum absolute atomic E-state index is 0.924. The molecule has 0 bridgehead atoms. The predicted molar refractivity (Wildman–Crippen MR) is 121 cm³/mol. The molecule has 1 heterocycles. The van der Waals surface area contributed by atoms with Gasteiger partial charge >= 0.3 is 0 Å². The molecule has 0 radical (unpaired) electrons. The Morgan fingerprint density at radius 3 is 1.97 bits per heavy atom. The number of nitrogens with one attached hydrogen (secondary N) is 1. The molecule has 0 unspecified atom stereocenters. The van der Waals surface area contributed by atoms with Crippen molar-refractivity contribution < 1.29 is 0 Å². The van der Waals surface area contributed by atoms with E-state index in [9.17, 15) is 0 Å². The molecule has 1 N–H and O–H groups in total. The molecule has 142 valence electrons. The van der Waals surface area contributed by atoms with E-state index in [0.29, 0.717) is 0 Å². The van der Waals surface area contributed by atoms with E-state index in [1.807, 2.05) is 12.1 Å². The monoisotopic (exact) mass is 376 g/mol. The van der Waals surface area contributed by atoms with Crippen molar-refractivity contribution in [3.63, 3.8) is 0 Å². The highest BCUT2D eigenvalue weighted by molar-refractivity contribution is 5.84. The maximum atomic E-state index is 4.70. The largest absolute Gasteiger partial charge is 0.342 e. The zero-order chi connectivity index (χ0) is 19.5. The molecule has 0 saturated carbocycles. The Bertz CT molecular complexity index is 1220. The smallest absolute Gasteiger partial charge is 0.107 e.